The summed E-state index contributed by atoms with van der Waals surface area (Å²) in [6.45, 7) is 6.35. The molecule has 2 aromatic rings. The highest BCUT2D eigenvalue weighted by molar-refractivity contribution is 5.76. The highest BCUT2D eigenvalue weighted by atomic mass is 19.1. The second kappa shape index (κ2) is 8.89. The Morgan fingerprint density at radius 1 is 1.17 bits per heavy atom. The van der Waals surface area contributed by atoms with Gasteiger partial charge < -0.3 is 9.47 Å². The lowest BCUT2D eigenvalue weighted by Gasteiger charge is -2.59. The van der Waals surface area contributed by atoms with Gasteiger partial charge in [-0.1, -0.05) is 38.1 Å². The van der Waals surface area contributed by atoms with Crippen molar-refractivity contribution in [3.63, 3.8) is 0 Å². The number of cyclic esters (lactones) is 1. The van der Waals surface area contributed by atoms with Gasteiger partial charge in [-0.05, 0) is 66.9 Å². The van der Waals surface area contributed by atoms with Crippen LogP contribution in [-0.2, 0) is 19.1 Å². The number of carbonyl (C=O) groups excluding carboxylic acids is 2. The van der Waals surface area contributed by atoms with E-state index < -0.39 is 5.41 Å². The summed E-state index contributed by atoms with van der Waals surface area (Å²) in [6.07, 6.45) is 9.02. The summed E-state index contributed by atoms with van der Waals surface area (Å²) in [7, 11) is 0. The second-order valence-corrected chi connectivity index (χ2v) is 10.8. The van der Waals surface area contributed by atoms with Crippen LogP contribution in [0.15, 0.2) is 48.7 Å². The maximum atomic E-state index is 13.6. The molecule has 2 saturated carbocycles. The topological polar surface area (TPSA) is 65.5 Å². The lowest BCUT2D eigenvalue weighted by Crippen LogP contribution is -2.58. The van der Waals surface area contributed by atoms with Gasteiger partial charge in [0.1, 0.15) is 11.9 Å². The van der Waals surface area contributed by atoms with Crippen LogP contribution in [0.3, 0.4) is 0 Å². The summed E-state index contributed by atoms with van der Waals surface area (Å²) in [5, 5.41) is 0. The molecule has 3 aliphatic rings. The minimum Gasteiger partial charge on any atom is -0.465 e. The van der Waals surface area contributed by atoms with Crippen molar-refractivity contribution in [2.24, 2.45) is 28.6 Å². The SMILES string of the molecule is CC(=O)O[C@H]1CC[C@@]2(C)[C@@H]3C(=O)OC[C@H]3CC[C@@H]2[C@]1(C)/C=C/c1ccc(-c2cccc(F)c2)cn1. The van der Waals surface area contributed by atoms with E-state index in [1.54, 1.807) is 12.3 Å². The first-order chi connectivity index (χ1) is 16.7. The zero-order chi connectivity index (χ0) is 24.8. The van der Waals surface area contributed by atoms with Crippen molar-refractivity contribution in [2.75, 3.05) is 6.61 Å². The highest BCUT2D eigenvalue weighted by Gasteiger charge is 2.63. The fourth-order valence-electron chi connectivity index (χ4n) is 7.10. The maximum Gasteiger partial charge on any atom is 0.309 e. The summed E-state index contributed by atoms with van der Waals surface area (Å²) < 4.78 is 24.9. The average Bonchev–Trinajstić information content (AvgIpc) is 3.22. The summed E-state index contributed by atoms with van der Waals surface area (Å²) in [4.78, 5) is 29.3. The number of ether oxygens (including phenoxy) is 2. The minimum absolute atomic E-state index is 0.0749. The lowest BCUT2D eigenvalue weighted by molar-refractivity contribution is -0.177. The standard InChI is InChI=1S/C29H32FNO4/c1-18(32)35-25-12-14-29(3)24(10-8-21-17-34-27(33)26(21)29)28(25,2)13-11-23-9-7-20(16-31-23)19-5-4-6-22(30)15-19/h4-7,9,11,13,15-16,21,24-26H,8,10,12,14,17H2,1-3H3/b13-11+/t21-,24-,25+,26+,28+,29-/m1/s1. The number of rotatable bonds is 4. The zero-order valence-electron chi connectivity index (χ0n) is 20.5. The van der Waals surface area contributed by atoms with Gasteiger partial charge in [-0.25, -0.2) is 4.39 Å². The molecule has 0 amide bonds. The highest BCUT2D eigenvalue weighted by Crippen LogP contribution is 2.63. The van der Waals surface area contributed by atoms with E-state index in [0.717, 1.165) is 36.1 Å². The van der Waals surface area contributed by atoms with Crippen molar-refractivity contribution in [2.45, 2.75) is 52.6 Å². The van der Waals surface area contributed by atoms with Crippen molar-refractivity contribution >= 4 is 18.0 Å². The average molecular weight is 478 g/mol. The molecule has 0 unspecified atom stereocenters. The van der Waals surface area contributed by atoms with Crippen molar-refractivity contribution in [3.05, 3.63) is 60.2 Å². The number of hydrogen-bond donors (Lipinski definition) is 0. The second-order valence-electron chi connectivity index (χ2n) is 10.8. The molecule has 5 rings (SSSR count). The van der Waals surface area contributed by atoms with Crippen LogP contribution in [0, 0.1) is 34.4 Å². The number of benzene rings is 1. The molecule has 0 bridgehead atoms. The van der Waals surface area contributed by atoms with Gasteiger partial charge in [0.2, 0.25) is 0 Å². The van der Waals surface area contributed by atoms with Crippen LogP contribution in [0.5, 0.6) is 0 Å². The molecule has 0 radical (unpaired) electrons. The molecule has 184 valence electrons. The molecule has 3 fully saturated rings. The van der Waals surface area contributed by atoms with Gasteiger partial charge in [0.05, 0.1) is 18.2 Å². The van der Waals surface area contributed by atoms with Crippen LogP contribution in [-0.4, -0.2) is 29.6 Å². The molecule has 6 atom stereocenters. The molecule has 6 heteroatoms. The number of fused-ring (bicyclic) bond motifs is 3. The van der Waals surface area contributed by atoms with Gasteiger partial charge in [0, 0.05) is 30.0 Å². The van der Waals surface area contributed by atoms with Crippen LogP contribution < -0.4 is 0 Å². The first-order valence-corrected chi connectivity index (χ1v) is 12.5. The molecule has 1 saturated heterocycles. The number of hydrogen-bond acceptors (Lipinski definition) is 5. The Morgan fingerprint density at radius 3 is 2.71 bits per heavy atom. The molecule has 2 heterocycles. The Balaban J connectivity index is 1.46. The number of halogens is 1. The van der Waals surface area contributed by atoms with E-state index in [4.69, 9.17) is 9.47 Å². The Labute approximate surface area is 205 Å². The number of nitrogens with zero attached hydrogens (tertiary/aromatic N) is 1. The van der Waals surface area contributed by atoms with Gasteiger partial charge in [-0.15, -0.1) is 0 Å². The third-order valence-corrected chi connectivity index (χ3v) is 8.75. The molecular weight excluding hydrogens is 445 g/mol. The number of aromatic nitrogens is 1. The molecular formula is C29H32FNO4. The predicted molar refractivity (Wildman–Crippen MR) is 130 cm³/mol. The zero-order valence-corrected chi connectivity index (χ0v) is 20.5. The molecule has 5 nitrogen and oxygen atoms in total. The van der Waals surface area contributed by atoms with Crippen molar-refractivity contribution in [1.82, 2.24) is 4.98 Å². The smallest absolute Gasteiger partial charge is 0.309 e. The number of esters is 2. The van der Waals surface area contributed by atoms with E-state index in [2.05, 4.69) is 24.9 Å². The molecule has 0 N–H and O–H groups in total. The van der Waals surface area contributed by atoms with Gasteiger partial charge in [0.25, 0.3) is 0 Å². The molecule has 0 spiro atoms. The first kappa shape index (κ1) is 23.7. The van der Waals surface area contributed by atoms with Crippen LogP contribution in [0.2, 0.25) is 0 Å². The van der Waals surface area contributed by atoms with E-state index in [9.17, 15) is 14.0 Å². The Hall–Kier alpha value is -3.02. The van der Waals surface area contributed by atoms with Crippen molar-refractivity contribution in [1.29, 1.82) is 0 Å². The lowest BCUT2D eigenvalue weighted by atomic mass is 9.45. The van der Waals surface area contributed by atoms with Crippen molar-refractivity contribution < 1.29 is 23.5 Å². The van der Waals surface area contributed by atoms with Gasteiger partial charge in [-0.2, -0.15) is 0 Å². The van der Waals surface area contributed by atoms with E-state index in [0.29, 0.717) is 13.0 Å². The predicted octanol–water partition coefficient (Wildman–Crippen LogP) is 5.84. The normalized spacial score (nSPS) is 34.2. The monoisotopic (exact) mass is 477 g/mol. The Morgan fingerprint density at radius 2 is 2.00 bits per heavy atom. The van der Waals surface area contributed by atoms with E-state index >= 15 is 0 Å². The minimum atomic E-state index is -0.449. The van der Waals surface area contributed by atoms with Gasteiger partial charge >= 0.3 is 11.9 Å². The fourth-order valence-corrected chi connectivity index (χ4v) is 7.10. The Bertz CT molecular complexity index is 1160. The fraction of sp³-hybridized carbons (Fsp3) is 0.483. The van der Waals surface area contributed by atoms with E-state index in [1.807, 2.05) is 24.3 Å². The van der Waals surface area contributed by atoms with Crippen LogP contribution in [0.25, 0.3) is 17.2 Å². The summed E-state index contributed by atoms with van der Waals surface area (Å²) >= 11 is 0. The van der Waals surface area contributed by atoms with Crippen LogP contribution in [0.1, 0.15) is 52.1 Å². The summed E-state index contributed by atoms with van der Waals surface area (Å²) in [6, 6.07) is 10.3. The molecule has 1 aromatic heterocycles. The van der Waals surface area contributed by atoms with Gasteiger partial charge in [-0.3, -0.25) is 14.6 Å². The summed E-state index contributed by atoms with van der Waals surface area (Å²) in [5.41, 5.74) is 1.73. The van der Waals surface area contributed by atoms with E-state index in [-0.39, 0.29) is 47.0 Å². The molecule has 1 aromatic carbocycles. The maximum absolute atomic E-state index is 13.6. The molecule has 1 aliphatic heterocycles. The molecule has 2 aliphatic carbocycles. The first-order valence-electron chi connectivity index (χ1n) is 12.5. The quantitative estimate of drug-likeness (QED) is 0.518. The van der Waals surface area contributed by atoms with Crippen molar-refractivity contribution in [3.8, 4) is 11.1 Å². The largest absolute Gasteiger partial charge is 0.465 e. The van der Waals surface area contributed by atoms with Crippen LogP contribution >= 0.6 is 0 Å². The van der Waals surface area contributed by atoms with E-state index in [1.165, 1.54) is 19.1 Å². The van der Waals surface area contributed by atoms with Gasteiger partial charge in [0.15, 0.2) is 0 Å². The number of carbonyl (C=O) groups is 2. The third-order valence-electron chi connectivity index (χ3n) is 8.75. The summed E-state index contributed by atoms with van der Waals surface area (Å²) in [5.74, 6) is -0.297. The molecule has 35 heavy (non-hydrogen) atoms. The third kappa shape index (κ3) is 4.17. The van der Waals surface area contributed by atoms with Crippen LogP contribution in [0.4, 0.5) is 4.39 Å². The Kier molecular flexibility index (Phi) is 6.02. The number of pyridine rings is 1.